The molecule has 0 N–H and O–H groups in total. The van der Waals surface area contributed by atoms with Crippen LogP contribution in [0.3, 0.4) is 0 Å². The van der Waals surface area contributed by atoms with Crippen molar-refractivity contribution in [3.8, 4) is 11.8 Å². The van der Waals surface area contributed by atoms with Gasteiger partial charge in [0.1, 0.15) is 6.10 Å². The van der Waals surface area contributed by atoms with E-state index in [-0.39, 0.29) is 40.0 Å². The van der Waals surface area contributed by atoms with E-state index in [2.05, 4.69) is 92.6 Å². The molecule has 3 aliphatic rings. The lowest BCUT2D eigenvalue weighted by molar-refractivity contribution is -0.143. The fourth-order valence-corrected chi connectivity index (χ4v) is 9.55. The summed E-state index contributed by atoms with van der Waals surface area (Å²) in [5, 5.41) is 0.246. The quantitative estimate of drug-likeness (QED) is 0.0742. The van der Waals surface area contributed by atoms with Crippen LogP contribution >= 0.6 is 0 Å². The molecule has 0 spiro atoms. The predicted octanol–water partition coefficient (Wildman–Crippen LogP) is 10.8. The summed E-state index contributed by atoms with van der Waals surface area (Å²) < 4.78 is 19.6. The fourth-order valence-electron chi connectivity index (χ4n) is 6.96. The number of allylic oxidation sites excluding steroid dienone is 2. The van der Waals surface area contributed by atoms with E-state index >= 15 is 0 Å². The Labute approximate surface area is 291 Å². The van der Waals surface area contributed by atoms with Crippen LogP contribution < -0.4 is 0 Å². The van der Waals surface area contributed by atoms with Gasteiger partial charge in [0.25, 0.3) is 0 Å². The van der Waals surface area contributed by atoms with Crippen molar-refractivity contribution < 1.29 is 23.2 Å². The Balaban J connectivity index is 1.75. The van der Waals surface area contributed by atoms with Crippen molar-refractivity contribution in [3.05, 3.63) is 11.6 Å². The monoisotopic (exact) mass is 686 g/mol. The number of carbonyl (C=O) groups is 2. The number of Topliss-reactive ketones (excluding diaryl/α,β-unsaturated/α-hetero) is 1. The molecule has 0 radical (unpaired) electrons. The van der Waals surface area contributed by atoms with Crippen molar-refractivity contribution in [2.75, 3.05) is 6.61 Å². The van der Waals surface area contributed by atoms with Gasteiger partial charge in [-0.3, -0.25) is 9.59 Å². The van der Waals surface area contributed by atoms with Gasteiger partial charge in [0.15, 0.2) is 22.4 Å². The summed E-state index contributed by atoms with van der Waals surface area (Å²) in [5.74, 6) is 8.81. The highest BCUT2D eigenvalue weighted by Gasteiger charge is 2.50. The third-order valence-corrected chi connectivity index (χ3v) is 21.1. The molecule has 5 nitrogen and oxygen atoms in total. The molecule has 268 valence electrons. The van der Waals surface area contributed by atoms with Gasteiger partial charge in [0.05, 0.1) is 12.7 Å². The van der Waals surface area contributed by atoms with E-state index in [1.807, 2.05) is 0 Å². The average Bonchev–Trinajstić information content (AvgIpc) is 3.52. The molecule has 2 saturated carbocycles. The zero-order chi connectivity index (χ0) is 35.0. The minimum atomic E-state index is -2.02. The van der Waals surface area contributed by atoms with E-state index in [4.69, 9.17) is 13.6 Å². The van der Waals surface area contributed by atoms with Gasteiger partial charge in [-0.15, -0.1) is 0 Å². The van der Waals surface area contributed by atoms with E-state index in [9.17, 15) is 9.59 Å². The Kier molecular flexibility index (Phi) is 14.7. The summed E-state index contributed by atoms with van der Waals surface area (Å²) in [5.41, 5.74) is 0.937. The maximum absolute atomic E-state index is 13.4. The average molecular weight is 687 g/mol. The first-order valence-electron chi connectivity index (χ1n) is 19.1. The molecule has 0 heterocycles. The van der Waals surface area contributed by atoms with Gasteiger partial charge < -0.3 is 13.6 Å². The lowest BCUT2D eigenvalue weighted by Gasteiger charge is -2.41. The van der Waals surface area contributed by atoms with Crippen LogP contribution in [0.15, 0.2) is 11.6 Å². The first-order valence-corrected chi connectivity index (χ1v) is 24.9. The number of hydrogen-bond donors (Lipinski definition) is 0. The minimum Gasteiger partial charge on any atom is -0.466 e. The Morgan fingerprint density at radius 3 is 2.17 bits per heavy atom. The highest BCUT2D eigenvalue weighted by atomic mass is 28.4. The molecule has 0 aliphatic heterocycles. The molecule has 0 amide bonds. The number of unbranched alkanes of at least 4 members (excludes halogenated alkanes) is 3. The van der Waals surface area contributed by atoms with Crippen LogP contribution in [-0.4, -0.2) is 47.2 Å². The lowest BCUT2D eigenvalue weighted by Crippen LogP contribution is -2.46. The minimum absolute atomic E-state index is 0.0365. The number of carbonyl (C=O) groups excluding carboxylic acids is 2. The van der Waals surface area contributed by atoms with Crippen molar-refractivity contribution in [3.63, 3.8) is 0 Å². The largest absolute Gasteiger partial charge is 0.466 e. The van der Waals surface area contributed by atoms with E-state index in [1.165, 1.54) is 38.5 Å². The molecule has 3 aliphatic carbocycles. The maximum Gasteiger partial charge on any atom is 0.305 e. The standard InChI is InChI=1S/C40H70O5Si2/c1-12-13-14-18-26-43-38(42)23-19-22-35(41)32-27-31-29-37(45-47(10,11)40(5,6)7)33(34(31)28-32)24-25-36(30-20-16-15-17-21-30)44-46(8,9)39(2,3)4/h27,30-31,33-34,36-37H,12-23,26,28-29H2,1-11H3/t31?,33-,34?,36+,37-/m0/s1. The number of fused-ring (bicyclic) bond motifs is 1. The van der Waals surface area contributed by atoms with Crippen LogP contribution in [-0.2, 0) is 23.2 Å². The van der Waals surface area contributed by atoms with Crippen molar-refractivity contribution in [2.24, 2.45) is 23.7 Å². The fraction of sp³-hybridized carbons (Fsp3) is 0.850. The van der Waals surface area contributed by atoms with Crippen LogP contribution in [0.1, 0.15) is 138 Å². The van der Waals surface area contributed by atoms with Gasteiger partial charge in [0, 0.05) is 18.8 Å². The normalized spacial score (nSPS) is 24.7. The predicted molar refractivity (Wildman–Crippen MR) is 200 cm³/mol. The summed E-state index contributed by atoms with van der Waals surface area (Å²) in [7, 11) is -4.03. The van der Waals surface area contributed by atoms with Gasteiger partial charge in [0.2, 0.25) is 0 Å². The van der Waals surface area contributed by atoms with Gasteiger partial charge in [-0.05, 0) is 98.1 Å². The van der Waals surface area contributed by atoms with E-state index in [0.717, 1.165) is 37.7 Å². The van der Waals surface area contributed by atoms with Crippen molar-refractivity contribution in [1.29, 1.82) is 0 Å². The second-order valence-corrected chi connectivity index (χ2v) is 27.5. The first-order chi connectivity index (χ1) is 21.9. The summed E-state index contributed by atoms with van der Waals surface area (Å²) in [6.07, 6.45) is 15.8. The zero-order valence-corrected chi connectivity index (χ0v) is 34.2. The molecule has 3 rings (SSSR count). The van der Waals surface area contributed by atoms with Gasteiger partial charge >= 0.3 is 5.97 Å². The highest BCUT2D eigenvalue weighted by Crippen LogP contribution is 2.50. The van der Waals surface area contributed by atoms with E-state index < -0.39 is 16.6 Å². The number of hydrogen-bond acceptors (Lipinski definition) is 5. The molecular formula is C40H70O5Si2. The van der Waals surface area contributed by atoms with Crippen LogP contribution in [0.25, 0.3) is 0 Å². The molecule has 47 heavy (non-hydrogen) atoms. The zero-order valence-electron chi connectivity index (χ0n) is 32.2. The summed E-state index contributed by atoms with van der Waals surface area (Å²) >= 11 is 0. The molecule has 2 fully saturated rings. The Bertz CT molecular complexity index is 1130. The van der Waals surface area contributed by atoms with Crippen molar-refractivity contribution in [1.82, 2.24) is 0 Å². The number of ether oxygens (including phenoxy) is 1. The van der Waals surface area contributed by atoms with Crippen molar-refractivity contribution >= 4 is 28.4 Å². The third kappa shape index (κ3) is 11.4. The number of rotatable bonds is 15. The smallest absolute Gasteiger partial charge is 0.305 e. The molecule has 0 aromatic carbocycles. The topological polar surface area (TPSA) is 61.8 Å². The van der Waals surface area contributed by atoms with Crippen LogP contribution in [0, 0.1) is 35.5 Å². The molecule has 0 aromatic rings. The number of esters is 1. The first kappa shape index (κ1) is 40.2. The molecular weight excluding hydrogens is 617 g/mol. The molecule has 0 aromatic heterocycles. The maximum atomic E-state index is 13.4. The molecule has 0 saturated heterocycles. The van der Waals surface area contributed by atoms with Crippen molar-refractivity contribution in [2.45, 2.75) is 187 Å². The molecule has 2 unspecified atom stereocenters. The van der Waals surface area contributed by atoms with E-state index in [1.54, 1.807) is 0 Å². The van der Waals surface area contributed by atoms with Gasteiger partial charge in [-0.25, -0.2) is 0 Å². The summed E-state index contributed by atoms with van der Waals surface area (Å²) in [6, 6.07) is 0. The number of ketones is 1. The molecule has 7 heteroatoms. The summed E-state index contributed by atoms with van der Waals surface area (Å²) in [4.78, 5) is 25.6. The Morgan fingerprint density at radius 2 is 1.55 bits per heavy atom. The lowest BCUT2D eigenvalue weighted by atomic mass is 9.84. The Hall–Kier alpha value is -1.21. The molecule has 5 atom stereocenters. The summed E-state index contributed by atoms with van der Waals surface area (Å²) in [6.45, 7) is 25.9. The van der Waals surface area contributed by atoms with Gasteiger partial charge in [-0.1, -0.05) is 105 Å². The highest BCUT2D eigenvalue weighted by molar-refractivity contribution is 6.74. The Morgan fingerprint density at radius 1 is 0.894 bits per heavy atom. The van der Waals surface area contributed by atoms with Gasteiger partial charge in [-0.2, -0.15) is 0 Å². The van der Waals surface area contributed by atoms with Crippen LogP contribution in [0.4, 0.5) is 0 Å². The second kappa shape index (κ2) is 17.1. The second-order valence-electron chi connectivity index (χ2n) is 17.9. The third-order valence-electron chi connectivity index (χ3n) is 12.1. The SMILES string of the molecule is CCCCCCOC(=O)CCCC(=O)C1=CC2C[C@H](O[Si](C)(C)C(C)(C)C)[C@@H](C#C[C@@H](O[Si](C)(C)C(C)(C)C)C3CCCCC3)C2C1. The van der Waals surface area contributed by atoms with Crippen LogP contribution in [0.2, 0.25) is 36.3 Å². The molecule has 0 bridgehead atoms. The van der Waals surface area contributed by atoms with Crippen LogP contribution in [0.5, 0.6) is 0 Å². The van der Waals surface area contributed by atoms with E-state index in [0.29, 0.717) is 43.6 Å².